The lowest BCUT2D eigenvalue weighted by Gasteiger charge is -2.34. The SMILES string of the molecule is CC[N+](C=O)(c1ccc(S(N)(=O)=O)cc1)C(OC(C)=O)OC(C)=O. The second kappa shape index (κ2) is 7.51. The summed E-state index contributed by atoms with van der Waals surface area (Å²) in [6.07, 6.45) is -1.09. The normalized spacial score (nSPS) is 13.9. The molecular weight excluding hydrogens is 340 g/mol. The molecule has 0 aliphatic rings. The van der Waals surface area contributed by atoms with Gasteiger partial charge in [-0.05, 0) is 19.1 Å². The number of nitrogens with zero attached hydrogens (tertiary/aromatic N) is 1. The maximum atomic E-state index is 11.8. The van der Waals surface area contributed by atoms with Crippen molar-refractivity contribution in [1.29, 1.82) is 0 Å². The number of ether oxygens (including phenoxy) is 2. The fraction of sp³-hybridized carbons (Fsp3) is 0.357. The molecule has 1 rings (SSSR count). The van der Waals surface area contributed by atoms with Gasteiger partial charge in [-0.3, -0.25) is 9.59 Å². The zero-order valence-electron chi connectivity index (χ0n) is 13.5. The number of hydrogen-bond acceptors (Lipinski definition) is 7. The number of hydrogen-bond donors (Lipinski definition) is 1. The third kappa shape index (κ3) is 4.37. The molecule has 24 heavy (non-hydrogen) atoms. The molecule has 9 nitrogen and oxygen atoms in total. The highest BCUT2D eigenvalue weighted by Crippen LogP contribution is 2.27. The van der Waals surface area contributed by atoms with E-state index in [-0.39, 0.29) is 17.1 Å². The molecule has 10 heteroatoms. The summed E-state index contributed by atoms with van der Waals surface area (Å²) in [5.74, 6) is -1.50. The predicted molar refractivity (Wildman–Crippen MR) is 83.5 cm³/mol. The number of quaternary nitrogens is 1. The minimum Gasteiger partial charge on any atom is -0.376 e. The maximum Gasteiger partial charge on any atom is 0.410 e. The Kier molecular flexibility index (Phi) is 6.18. The molecule has 132 valence electrons. The first-order valence-electron chi connectivity index (χ1n) is 6.88. The van der Waals surface area contributed by atoms with E-state index in [1.165, 1.54) is 24.3 Å². The van der Waals surface area contributed by atoms with Gasteiger partial charge in [0.25, 0.3) is 0 Å². The first-order valence-corrected chi connectivity index (χ1v) is 8.43. The molecular formula is C14H19N2O7S+. The molecule has 2 N–H and O–H groups in total. The van der Waals surface area contributed by atoms with Crippen LogP contribution in [0.5, 0.6) is 0 Å². The third-order valence-corrected chi connectivity index (χ3v) is 4.20. The highest BCUT2D eigenvalue weighted by atomic mass is 32.2. The van der Waals surface area contributed by atoms with Crippen LogP contribution in [0.25, 0.3) is 0 Å². The van der Waals surface area contributed by atoms with Crippen molar-refractivity contribution >= 4 is 34.1 Å². The van der Waals surface area contributed by atoms with Gasteiger partial charge in [-0.25, -0.2) is 18.4 Å². The van der Waals surface area contributed by atoms with Crippen molar-refractivity contribution < 1.29 is 32.3 Å². The highest BCUT2D eigenvalue weighted by molar-refractivity contribution is 7.89. The van der Waals surface area contributed by atoms with Crippen LogP contribution in [0.15, 0.2) is 29.2 Å². The van der Waals surface area contributed by atoms with E-state index in [1.807, 2.05) is 0 Å². The Hall–Kier alpha value is -2.30. The smallest absolute Gasteiger partial charge is 0.376 e. The molecule has 1 amide bonds. The molecule has 0 spiro atoms. The number of sulfonamides is 1. The molecule has 1 aromatic rings. The molecule has 0 saturated carbocycles. The maximum absolute atomic E-state index is 11.8. The van der Waals surface area contributed by atoms with Gasteiger partial charge in [0.15, 0.2) is 0 Å². The zero-order chi connectivity index (χ0) is 18.5. The monoisotopic (exact) mass is 359 g/mol. The van der Waals surface area contributed by atoms with Gasteiger partial charge in [0.2, 0.25) is 10.0 Å². The Morgan fingerprint density at radius 2 is 1.62 bits per heavy atom. The van der Waals surface area contributed by atoms with Gasteiger partial charge in [0.05, 0.1) is 11.4 Å². The Labute approximate surface area is 139 Å². The topological polar surface area (TPSA) is 130 Å². The first-order chi connectivity index (χ1) is 11.1. The molecule has 1 unspecified atom stereocenters. The second-order valence-electron chi connectivity index (χ2n) is 4.92. The number of amides is 1. The van der Waals surface area contributed by atoms with Crippen molar-refractivity contribution in [3.8, 4) is 0 Å². The fourth-order valence-electron chi connectivity index (χ4n) is 2.05. The third-order valence-electron chi connectivity index (χ3n) is 3.27. The zero-order valence-corrected chi connectivity index (χ0v) is 14.3. The van der Waals surface area contributed by atoms with E-state index in [0.717, 1.165) is 13.8 Å². The van der Waals surface area contributed by atoms with Gasteiger partial charge in [0.1, 0.15) is 5.69 Å². The van der Waals surface area contributed by atoms with Crippen LogP contribution in [0, 0.1) is 0 Å². The average molecular weight is 359 g/mol. The summed E-state index contributed by atoms with van der Waals surface area (Å²) < 4.78 is 31.9. The average Bonchev–Trinajstić information content (AvgIpc) is 2.47. The fourth-order valence-corrected chi connectivity index (χ4v) is 2.56. The van der Waals surface area contributed by atoms with Crippen molar-refractivity contribution in [1.82, 2.24) is 4.48 Å². The second-order valence-corrected chi connectivity index (χ2v) is 6.48. The van der Waals surface area contributed by atoms with Crippen molar-refractivity contribution in [3.05, 3.63) is 24.3 Å². The summed E-state index contributed by atoms with van der Waals surface area (Å²) in [6, 6.07) is 5.07. The van der Waals surface area contributed by atoms with Crippen LogP contribution in [-0.2, 0) is 33.9 Å². The summed E-state index contributed by atoms with van der Waals surface area (Å²) in [6.45, 7) is 3.90. The van der Waals surface area contributed by atoms with Gasteiger partial charge in [0, 0.05) is 26.0 Å². The van der Waals surface area contributed by atoms with Crippen molar-refractivity contribution in [3.63, 3.8) is 0 Å². The number of rotatable bonds is 7. The molecule has 0 bridgehead atoms. The van der Waals surface area contributed by atoms with Gasteiger partial charge in [-0.15, -0.1) is 0 Å². The van der Waals surface area contributed by atoms with E-state index in [1.54, 1.807) is 6.92 Å². The number of carbonyl (C=O) groups excluding carboxylic acids is 3. The van der Waals surface area contributed by atoms with Gasteiger partial charge < -0.3 is 9.47 Å². The van der Waals surface area contributed by atoms with Crippen molar-refractivity contribution in [2.75, 3.05) is 6.54 Å². The van der Waals surface area contributed by atoms with Crippen LogP contribution in [0.4, 0.5) is 5.69 Å². The van der Waals surface area contributed by atoms with E-state index < -0.39 is 32.9 Å². The van der Waals surface area contributed by atoms with Crippen molar-refractivity contribution in [2.45, 2.75) is 32.1 Å². The van der Waals surface area contributed by atoms with E-state index in [9.17, 15) is 22.8 Å². The first kappa shape index (κ1) is 19.7. The minimum absolute atomic E-state index is 0.0729. The molecule has 0 aromatic heterocycles. The summed E-state index contributed by atoms with van der Waals surface area (Å²) in [5.41, 5.74) is 0.257. The Balaban J connectivity index is 3.42. The molecule has 0 heterocycles. The largest absolute Gasteiger partial charge is 0.410 e. The predicted octanol–water partition coefficient (Wildman–Crippen LogP) is 0.227. The summed E-state index contributed by atoms with van der Waals surface area (Å²) in [5, 5.41) is 5.03. The number of benzene rings is 1. The quantitative estimate of drug-likeness (QED) is 0.319. The van der Waals surface area contributed by atoms with E-state index in [2.05, 4.69) is 0 Å². The van der Waals surface area contributed by atoms with E-state index in [0.29, 0.717) is 6.41 Å². The van der Waals surface area contributed by atoms with Crippen molar-refractivity contribution in [2.24, 2.45) is 5.14 Å². The summed E-state index contributed by atoms with van der Waals surface area (Å²) in [4.78, 5) is 34.2. The lowest BCUT2D eigenvalue weighted by Crippen LogP contribution is -2.59. The van der Waals surface area contributed by atoms with Crippen LogP contribution >= 0.6 is 0 Å². The number of nitrogens with two attached hydrogens (primary N) is 1. The Bertz CT molecular complexity index is 714. The summed E-state index contributed by atoms with van der Waals surface area (Å²) >= 11 is 0. The Morgan fingerprint density at radius 1 is 1.17 bits per heavy atom. The van der Waals surface area contributed by atoms with Gasteiger partial charge >= 0.3 is 24.8 Å². The highest BCUT2D eigenvalue weighted by Gasteiger charge is 2.43. The van der Waals surface area contributed by atoms with E-state index in [4.69, 9.17) is 14.6 Å². The van der Waals surface area contributed by atoms with Crippen LogP contribution < -0.4 is 9.62 Å². The number of primary sulfonamides is 1. The Morgan fingerprint density at radius 3 is 1.92 bits per heavy atom. The molecule has 1 atom stereocenters. The van der Waals surface area contributed by atoms with Crippen LogP contribution in [0.1, 0.15) is 20.8 Å². The van der Waals surface area contributed by atoms with Gasteiger partial charge in [-0.1, -0.05) is 0 Å². The summed E-state index contributed by atoms with van der Waals surface area (Å²) in [7, 11) is -3.90. The van der Waals surface area contributed by atoms with Crippen LogP contribution in [0.2, 0.25) is 0 Å². The lowest BCUT2D eigenvalue weighted by molar-refractivity contribution is -0.212. The molecule has 0 aliphatic heterocycles. The van der Waals surface area contributed by atoms with Crippen LogP contribution in [0.3, 0.4) is 0 Å². The minimum atomic E-state index is -3.90. The molecule has 0 aliphatic carbocycles. The van der Waals surface area contributed by atoms with Gasteiger partial charge in [-0.2, -0.15) is 4.48 Å². The molecule has 0 fully saturated rings. The molecule has 1 aromatic carbocycles. The van der Waals surface area contributed by atoms with Crippen LogP contribution in [-0.4, -0.2) is 39.7 Å². The van der Waals surface area contributed by atoms with E-state index >= 15 is 0 Å². The number of carbonyl (C=O) groups is 3. The molecule has 0 saturated heterocycles. The standard InChI is InChI=1S/C14H19N2O7S/c1-4-16(9-17,14(22-10(2)18)23-11(3)19)12-5-7-13(8-6-12)24(15,20)21/h5-9,14H,4H2,1-3H3,(H2,15,20,21)/q+1. The number of esters is 2. The molecule has 0 radical (unpaired) electrons. The lowest BCUT2D eigenvalue weighted by atomic mass is 10.2.